The maximum Gasteiger partial charge on any atom is 0.560 e. The van der Waals surface area contributed by atoms with Crippen LogP contribution >= 0.6 is 11.6 Å². The van der Waals surface area contributed by atoms with Gasteiger partial charge < -0.3 is 19.2 Å². The summed E-state index contributed by atoms with van der Waals surface area (Å²) in [6, 6.07) is 14.5. The van der Waals surface area contributed by atoms with E-state index in [0.29, 0.717) is 36.2 Å². The molecule has 0 aliphatic carbocycles. The number of nitrogens with zero attached hydrogens (tertiary/aromatic N) is 1. The molecule has 0 unspecified atom stereocenters. The molecule has 0 aliphatic rings. The zero-order chi connectivity index (χ0) is 17.4. The highest BCUT2D eigenvalue weighted by atomic mass is 35.5. The van der Waals surface area contributed by atoms with Gasteiger partial charge in [0.1, 0.15) is 19.2 Å². The molecule has 0 radical (unpaired) electrons. The van der Waals surface area contributed by atoms with Crippen LogP contribution in [0.3, 0.4) is 0 Å². The lowest BCUT2D eigenvalue weighted by Crippen LogP contribution is -2.41. The van der Waals surface area contributed by atoms with Gasteiger partial charge in [-0.3, -0.25) is 4.90 Å². The number of hydrogen-bond acceptors (Lipinski definition) is 5. The fourth-order valence-corrected chi connectivity index (χ4v) is 2.57. The van der Waals surface area contributed by atoms with Gasteiger partial charge in [-0.15, -0.1) is 0 Å². The molecular weight excluding hydrogens is 328 g/mol. The number of benzene rings is 2. The van der Waals surface area contributed by atoms with Crippen molar-refractivity contribution in [3.63, 3.8) is 0 Å². The van der Waals surface area contributed by atoms with Gasteiger partial charge in [0.05, 0.1) is 0 Å². The molecule has 0 saturated carbocycles. The molecule has 0 saturated heterocycles. The number of halogens is 1. The second-order valence-corrected chi connectivity index (χ2v) is 5.73. The van der Waals surface area contributed by atoms with Crippen molar-refractivity contribution in [2.75, 3.05) is 27.7 Å². The molecule has 0 spiro atoms. The molecule has 0 amide bonds. The maximum absolute atomic E-state index is 10.5. The van der Waals surface area contributed by atoms with Crippen LogP contribution in [-0.4, -0.2) is 44.7 Å². The average Bonchev–Trinajstić information content (AvgIpc) is 2.56. The third-order valence-corrected chi connectivity index (χ3v) is 3.62. The molecule has 24 heavy (non-hydrogen) atoms. The molecule has 0 heterocycles. The van der Waals surface area contributed by atoms with Crippen LogP contribution in [0.15, 0.2) is 48.5 Å². The van der Waals surface area contributed by atoms with E-state index in [2.05, 4.69) is 0 Å². The third kappa shape index (κ3) is 5.51. The zero-order valence-electron chi connectivity index (χ0n) is 13.8. The van der Waals surface area contributed by atoms with Gasteiger partial charge in [-0.2, -0.15) is 0 Å². The Labute approximate surface area is 147 Å². The van der Waals surface area contributed by atoms with Crippen molar-refractivity contribution in [3.05, 3.63) is 59.1 Å². The van der Waals surface area contributed by atoms with E-state index >= 15 is 0 Å². The van der Waals surface area contributed by atoms with Crippen molar-refractivity contribution in [2.45, 2.75) is 6.54 Å². The summed E-state index contributed by atoms with van der Waals surface area (Å²) >= 11 is 5.95. The molecule has 2 aromatic carbocycles. The highest BCUT2D eigenvalue weighted by Crippen LogP contribution is 2.17. The highest BCUT2D eigenvalue weighted by molar-refractivity contribution is 6.61. The van der Waals surface area contributed by atoms with Gasteiger partial charge in [0.15, 0.2) is 0 Å². The third-order valence-electron chi connectivity index (χ3n) is 3.38. The van der Waals surface area contributed by atoms with E-state index in [9.17, 15) is 5.02 Å². The molecule has 7 heteroatoms. The number of methoxy groups -OCH3 is 2. The van der Waals surface area contributed by atoms with Crippen molar-refractivity contribution in [1.29, 1.82) is 0 Å². The summed E-state index contributed by atoms with van der Waals surface area (Å²) < 4.78 is 16.0. The van der Waals surface area contributed by atoms with Gasteiger partial charge in [-0.05, 0) is 23.8 Å². The molecule has 0 fully saturated rings. The van der Waals surface area contributed by atoms with Crippen LogP contribution in [0, 0.1) is 0 Å². The Kier molecular flexibility index (Phi) is 7.56. The Hall–Kier alpha value is -1.57. The van der Waals surface area contributed by atoms with E-state index < -0.39 is 7.12 Å². The summed E-state index contributed by atoms with van der Waals surface area (Å²) in [6.07, 6.45) is 0. The van der Waals surface area contributed by atoms with Crippen LogP contribution in [-0.2, 0) is 16.0 Å². The van der Waals surface area contributed by atoms with Crippen molar-refractivity contribution >= 4 is 24.2 Å². The van der Waals surface area contributed by atoms with E-state index in [1.54, 1.807) is 38.5 Å². The second kappa shape index (κ2) is 9.66. The SMILES string of the molecule is COCN(COC)Cc1ccccc1B(O)Oc1cccc(Cl)c1. The second-order valence-electron chi connectivity index (χ2n) is 5.29. The molecule has 1 N–H and O–H groups in total. The molecule has 2 aromatic rings. The van der Waals surface area contributed by atoms with Crippen LogP contribution in [0.5, 0.6) is 5.75 Å². The van der Waals surface area contributed by atoms with Crippen LogP contribution in [0.2, 0.25) is 5.02 Å². The number of rotatable bonds is 9. The van der Waals surface area contributed by atoms with E-state index in [0.717, 1.165) is 5.56 Å². The zero-order valence-corrected chi connectivity index (χ0v) is 14.6. The molecule has 2 rings (SSSR count). The lowest BCUT2D eigenvalue weighted by molar-refractivity contribution is -0.0184. The molecule has 5 nitrogen and oxygen atoms in total. The van der Waals surface area contributed by atoms with Gasteiger partial charge in [-0.1, -0.05) is 41.9 Å². The predicted octanol–water partition coefficient (Wildman–Crippen LogP) is 2.12. The van der Waals surface area contributed by atoms with E-state index in [1.165, 1.54) is 0 Å². The maximum atomic E-state index is 10.5. The lowest BCUT2D eigenvalue weighted by Gasteiger charge is -2.22. The number of ether oxygens (including phenoxy) is 2. The molecule has 0 aliphatic heterocycles. The Morgan fingerprint density at radius 2 is 1.75 bits per heavy atom. The first-order chi connectivity index (χ1) is 11.6. The van der Waals surface area contributed by atoms with Crippen LogP contribution in [0.1, 0.15) is 5.56 Å². The Bertz CT molecular complexity index is 637. The van der Waals surface area contributed by atoms with Crippen LogP contribution in [0.4, 0.5) is 0 Å². The van der Waals surface area contributed by atoms with Crippen molar-refractivity contribution in [2.24, 2.45) is 0 Å². The minimum atomic E-state index is -1.09. The standard InChI is InChI=1S/C17H21BClNO4/c1-22-12-20(13-23-2)11-14-6-3-4-9-17(14)18(21)24-16-8-5-7-15(19)10-16/h3-10,21H,11-13H2,1-2H3. The fourth-order valence-electron chi connectivity index (χ4n) is 2.39. The van der Waals surface area contributed by atoms with E-state index in [4.69, 9.17) is 25.7 Å². The Balaban J connectivity index is 2.14. The molecule has 128 valence electrons. The predicted molar refractivity (Wildman–Crippen MR) is 95.4 cm³/mol. The van der Waals surface area contributed by atoms with Gasteiger partial charge in [0.25, 0.3) is 0 Å². The first kappa shape index (κ1) is 18.8. The molecule has 0 bridgehead atoms. The quantitative estimate of drug-likeness (QED) is 0.555. The normalized spacial score (nSPS) is 10.9. The smallest absolute Gasteiger partial charge is 0.532 e. The summed E-state index contributed by atoms with van der Waals surface area (Å²) in [6.45, 7) is 1.41. The van der Waals surface area contributed by atoms with Crippen molar-refractivity contribution in [3.8, 4) is 5.75 Å². The van der Waals surface area contributed by atoms with Gasteiger partial charge in [0.2, 0.25) is 0 Å². The lowest BCUT2D eigenvalue weighted by atomic mass is 9.76. The average molecular weight is 350 g/mol. The van der Waals surface area contributed by atoms with Crippen LogP contribution < -0.4 is 10.1 Å². The monoisotopic (exact) mass is 349 g/mol. The minimum Gasteiger partial charge on any atom is -0.532 e. The van der Waals surface area contributed by atoms with Crippen LogP contribution in [0.25, 0.3) is 0 Å². The van der Waals surface area contributed by atoms with Gasteiger partial charge >= 0.3 is 7.12 Å². The molecule has 0 aromatic heterocycles. The van der Waals surface area contributed by atoms with Gasteiger partial charge in [-0.25, -0.2) is 0 Å². The summed E-state index contributed by atoms with van der Waals surface area (Å²) in [5.74, 6) is 0.510. The molecular formula is C17H21BClNO4. The Morgan fingerprint density at radius 3 is 2.42 bits per heavy atom. The highest BCUT2D eigenvalue weighted by Gasteiger charge is 2.23. The molecule has 0 atom stereocenters. The summed E-state index contributed by atoms with van der Waals surface area (Å²) in [4.78, 5) is 1.96. The summed E-state index contributed by atoms with van der Waals surface area (Å²) in [5, 5.41) is 11.0. The minimum absolute atomic E-state index is 0.424. The Morgan fingerprint density at radius 1 is 1.04 bits per heavy atom. The first-order valence-electron chi connectivity index (χ1n) is 7.52. The van der Waals surface area contributed by atoms with Crippen molar-refractivity contribution < 1.29 is 19.2 Å². The summed E-state index contributed by atoms with van der Waals surface area (Å²) in [7, 11) is 2.17. The fraction of sp³-hybridized carbons (Fsp3) is 0.294. The number of hydrogen-bond donors (Lipinski definition) is 1. The van der Waals surface area contributed by atoms with E-state index in [-0.39, 0.29) is 0 Å². The topological polar surface area (TPSA) is 51.2 Å². The first-order valence-corrected chi connectivity index (χ1v) is 7.90. The van der Waals surface area contributed by atoms with Crippen molar-refractivity contribution in [1.82, 2.24) is 4.90 Å². The van der Waals surface area contributed by atoms with E-state index in [1.807, 2.05) is 29.2 Å². The summed E-state index contributed by atoms with van der Waals surface area (Å²) in [5.41, 5.74) is 1.62. The largest absolute Gasteiger partial charge is 0.560 e. The van der Waals surface area contributed by atoms with Gasteiger partial charge in [0, 0.05) is 31.2 Å².